The summed E-state index contributed by atoms with van der Waals surface area (Å²) >= 11 is 0. The lowest BCUT2D eigenvalue weighted by molar-refractivity contribution is -0.122. The van der Waals surface area contributed by atoms with Crippen molar-refractivity contribution < 1.29 is 9.59 Å². The van der Waals surface area contributed by atoms with E-state index in [9.17, 15) is 9.59 Å². The molecule has 1 atom stereocenters. The number of hydrogen-bond donors (Lipinski definition) is 2. The number of carbonyl (C=O) groups excluding carboxylic acids is 2. The zero-order chi connectivity index (χ0) is 23.7. The maximum atomic E-state index is 12.8. The van der Waals surface area contributed by atoms with Crippen LogP contribution >= 0.6 is 0 Å². The molecule has 2 aliphatic carbocycles. The Labute approximate surface area is 200 Å². The van der Waals surface area contributed by atoms with Gasteiger partial charge in [-0.05, 0) is 43.2 Å². The van der Waals surface area contributed by atoms with Crippen molar-refractivity contribution >= 4 is 34.1 Å². The molecule has 1 fully saturated rings. The van der Waals surface area contributed by atoms with Gasteiger partial charge in [-0.25, -0.2) is 4.98 Å². The van der Waals surface area contributed by atoms with E-state index in [0.717, 1.165) is 53.7 Å². The molecule has 6 heteroatoms. The number of fused-ring (bicyclic) bond motifs is 2. The highest BCUT2D eigenvalue weighted by Gasteiger charge is 2.34. The Balaban J connectivity index is 1.15. The Kier molecular flexibility index (Phi) is 6.22. The van der Waals surface area contributed by atoms with Gasteiger partial charge in [0.1, 0.15) is 5.82 Å². The number of nitrogens with one attached hydrogen (secondary N) is 2. The Morgan fingerprint density at radius 1 is 1.03 bits per heavy atom. The van der Waals surface area contributed by atoms with Gasteiger partial charge in [-0.2, -0.15) is 0 Å². The Hall–Kier alpha value is -3.41. The molecular formula is C28H32N4O2. The molecule has 1 heterocycles. The molecule has 5 rings (SSSR count). The minimum atomic E-state index is -0.341. The van der Waals surface area contributed by atoms with Crippen LogP contribution in [0.2, 0.25) is 0 Å². The second-order valence-corrected chi connectivity index (χ2v) is 9.81. The average Bonchev–Trinajstić information content (AvgIpc) is 3.19. The number of carbonyl (C=O) groups is 2. The third-order valence-electron chi connectivity index (χ3n) is 7.28. The predicted molar refractivity (Wildman–Crippen MR) is 137 cm³/mol. The maximum Gasteiger partial charge on any atom is 0.228 e. The van der Waals surface area contributed by atoms with Crippen LogP contribution in [0.3, 0.4) is 0 Å². The molecule has 2 N–H and O–H groups in total. The van der Waals surface area contributed by atoms with Crippen molar-refractivity contribution in [1.29, 1.82) is 0 Å². The fraction of sp³-hybridized carbons (Fsp3) is 0.393. The number of pyridine rings is 1. The van der Waals surface area contributed by atoms with Crippen molar-refractivity contribution in [1.82, 2.24) is 10.3 Å². The lowest BCUT2D eigenvalue weighted by Crippen LogP contribution is -2.36. The van der Waals surface area contributed by atoms with Gasteiger partial charge >= 0.3 is 0 Å². The van der Waals surface area contributed by atoms with Crippen LogP contribution in [-0.2, 0) is 4.79 Å². The number of ketones is 1. The van der Waals surface area contributed by atoms with E-state index in [1.54, 1.807) is 0 Å². The first-order valence-electron chi connectivity index (χ1n) is 12.2. The summed E-state index contributed by atoms with van der Waals surface area (Å²) in [5.41, 5.74) is 3.74. The molecular weight excluding hydrogens is 424 g/mol. The van der Waals surface area contributed by atoms with E-state index in [1.165, 1.54) is 0 Å². The van der Waals surface area contributed by atoms with Gasteiger partial charge in [0.25, 0.3) is 0 Å². The topological polar surface area (TPSA) is 74.3 Å². The average molecular weight is 457 g/mol. The molecule has 2 aliphatic rings. The molecule has 1 aromatic heterocycles. The number of Topliss-reactive ketones (excluding diaryl/α,β-unsaturated/α-hetero) is 1. The lowest BCUT2D eigenvalue weighted by atomic mass is 9.86. The van der Waals surface area contributed by atoms with Crippen molar-refractivity contribution in [2.45, 2.75) is 44.1 Å². The van der Waals surface area contributed by atoms with Gasteiger partial charge in [-0.1, -0.05) is 42.5 Å². The summed E-state index contributed by atoms with van der Waals surface area (Å²) in [5, 5.41) is 7.94. The highest BCUT2D eigenvalue weighted by atomic mass is 16.2. The number of nitrogens with zero attached hydrogens (tertiary/aromatic N) is 2. The summed E-state index contributed by atoms with van der Waals surface area (Å²) in [6, 6.07) is 18.3. The van der Waals surface area contributed by atoms with Gasteiger partial charge in [-0.3, -0.25) is 9.59 Å². The van der Waals surface area contributed by atoms with Crippen molar-refractivity contribution in [3.8, 4) is 0 Å². The minimum Gasteiger partial charge on any atom is -0.377 e. The summed E-state index contributed by atoms with van der Waals surface area (Å²) in [5.74, 6) is 1.10. The number of amides is 1. The first kappa shape index (κ1) is 22.4. The van der Waals surface area contributed by atoms with E-state index < -0.39 is 0 Å². The van der Waals surface area contributed by atoms with E-state index in [0.29, 0.717) is 24.1 Å². The molecule has 1 saturated carbocycles. The fourth-order valence-corrected chi connectivity index (χ4v) is 5.38. The molecule has 1 amide bonds. The molecule has 3 aromatic rings. The quantitative estimate of drug-likeness (QED) is 0.560. The van der Waals surface area contributed by atoms with Crippen molar-refractivity contribution in [3.63, 3.8) is 0 Å². The number of aromatic nitrogens is 1. The third kappa shape index (κ3) is 4.49. The van der Waals surface area contributed by atoms with E-state index in [1.807, 2.05) is 36.4 Å². The van der Waals surface area contributed by atoms with Crippen LogP contribution in [0.4, 0.5) is 11.5 Å². The number of benzene rings is 2. The van der Waals surface area contributed by atoms with Gasteiger partial charge in [-0.15, -0.1) is 0 Å². The molecule has 0 saturated heterocycles. The second-order valence-electron chi connectivity index (χ2n) is 9.81. The fourth-order valence-electron chi connectivity index (χ4n) is 5.38. The number of rotatable bonds is 6. The van der Waals surface area contributed by atoms with Crippen LogP contribution in [0.1, 0.15) is 53.9 Å². The van der Waals surface area contributed by atoms with Crippen LogP contribution in [0.15, 0.2) is 54.6 Å². The van der Waals surface area contributed by atoms with Gasteiger partial charge in [0, 0.05) is 55.8 Å². The van der Waals surface area contributed by atoms with Crippen molar-refractivity contribution in [2.24, 2.45) is 5.92 Å². The molecule has 6 nitrogen and oxygen atoms in total. The van der Waals surface area contributed by atoms with Crippen LogP contribution in [0, 0.1) is 5.92 Å². The van der Waals surface area contributed by atoms with Gasteiger partial charge in [0.2, 0.25) is 5.91 Å². The molecule has 34 heavy (non-hydrogen) atoms. The van der Waals surface area contributed by atoms with Crippen LogP contribution in [0.5, 0.6) is 0 Å². The van der Waals surface area contributed by atoms with Crippen molar-refractivity contribution in [2.75, 3.05) is 30.9 Å². The van der Waals surface area contributed by atoms with Crippen LogP contribution in [-0.4, -0.2) is 43.4 Å². The van der Waals surface area contributed by atoms with Crippen molar-refractivity contribution in [3.05, 3.63) is 65.7 Å². The van der Waals surface area contributed by atoms with Gasteiger partial charge < -0.3 is 15.5 Å². The molecule has 0 spiro atoms. The zero-order valence-corrected chi connectivity index (χ0v) is 19.9. The Bertz CT molecular complexity index is 1210. The van der Waals surface area contributed by atoms with E-state index >= 15 is 0 Å². The molecule has 2 aromatic carbocycles. The predicted octanol–water partition coefficient (Wildman–Crippen LogP) is 4.76. The summed E-state index contributed by atoms with van der Waals surface area (Å²) in [6.45, 7) is 0.678. The van der Waals surface area contributed by atoms with Gasteiger partial charge in [0.15, 0.2) is 5.78 Å². The monoisotopic (exact) mass is 456 g/mol. The third-order valence-corrected chi connectivity index (χ3v) is 7.28. The highest BCUT2D eigenvalue weighted by molar-refractivity contribution is 6.06. The first-order valence-corrected chi connectivity index (χ1v) is 12.2. The lowest BCUT2D eigenvalue weighted by Gasteiger charge is -2.30. The smallest absolute Gasteiger partial charge is 0.228 e. The molecule has 0 radical (unpaired) electrons. The normalized spacial score (nSPS) is 21.8. The second kappa shape index (κ2) is 9.45. The number of anilines is 2. The highest BCUT2D eigenvalue weighted by Crippen LogP contribution is 2.34. The van der Waals surface area contributed by atoms with E-state index in [2.05, 4.69) is 47.8 Å². The zero-order valence-electron chi connectivity index (χ0n) is 19.9. The number of hydrogen-bond acceptors (Lipinski definition) is 5. The van der Waals surface area contributed by atoms with E-state index in [-0.39, 0.29) is 24.0 Å². The Morgan fingerprint density at radius 3 is 2.56 bits per heavy atom. The first-order chi connectivity index (χ1) is 16.5. The molecule has 1 unspecified atom stereocenters. The van der Waals surface area contributed by atoms with Crippen LogP contribution < -0.4 is 15.5 Å². The minimum absolute atomic E-state index is 0.0184. The standard InChI is InChI=1S/C28H32N4O2/c1-32(2)25-16-27(31-24-10-6-5-9-22(24)25)30-19-13-11-18(12-14-19)17-29-28(34)23-15-26(33)21-8-4-3-7-20(21)23/h3-10,16,18-19,23H,11-15,17H2,1-2H3,(H,29,34)(H,30,31)/t18-,19+,23?. The maximum absolute atomic E-state index is 12.8. The summed E-state index contributed by atoms with van der Waals surface area (Å²) < 4.78 is 0. The SMILES string of the molecule is CN(C)c1cc(N[C@H]2CC[C@@H](CNC(=O)C3CC(=O)c4ccccc43)CC2)nc2ccccc12. The largest absolute Gasteiger partial charge is 0.377 e. The molecule has 0 bridgehead atoms. The van der Waals surface area contributed by atoms with E-state index in [4.69, 9.17) is 4.98 Å². The Morgan fingerprint density at radius 2 is 1.76 bits per heavy atom. The van der Waals surface area contributed by atoms with Gasteiger partial charge in [0.05, 0.1) is 11.4 Å². The summed E-state index contributed by atoms with van der Waals surface area (Å²) in [6.07, 6.45) is 4.52. The number of para-hydroxylation sites is 1. The molecule has 176 valence electrons. The van der Waals surface area contributed by atoms with Crippen LogP contribution in [0.25, 0.3) is 10.9 Å². The summed E-state index contributed by atoms with van der Waals surface area (Å²) in [7, 11) is 4.12. The molecule has 0 aliphatic heterocycles. The summed E-state index contributed by atoms with van der Waals surface area (Å²) in [4.78, 5) is 32.0.